The molecule has 0 atom stereocenters. The zero-order valence-corrected chi connectivity index (χ0v) is 10.6. The minimum atomic E-state index is -0.0579. The number of rotatable bonds is 6. The lowest BCUT2D eigenvalue weighted by molar-refractivity contribution is -0.121. The first-order valence-corrected chi connectivity index (χ1v) is 5.87. The molecular weight excluding hydrogens is 240 g/mol. The van der Waals surface area contributed by atoms with E-state index in [9.17, 15) is 4.79 Å². The highest BCUT2D eigenvalue weighted by molar-refractivity contribution is 6.32. The maximum Gasteiger partial charge on any atom is 0.223 e. The second-order valence-electron chi connectivity index (χ2n) is 3.54. The smallest absolute Gasteiger partial charge is 0.223 e. The summed E-state index contributed by atoms with van der Waals surface area (Å²) < 4.78 is 5.54. The van der Waals surface area contributed by atoms with E-state index in [1.807, 2.05) is 12.1 Å². The Labute approximate surface area is 106 Å². The second kappa shape index (κ2) is 7.14. The number of para-hydroxylation sites is 1. The van der Waals surface area contributed by atoms with Gasteiger partial charge in [0.15, 0.2) is 0 Å². The van der Waals surface area contributed by atoms with Crippen LogP contribution in [0.1, 0.15) is 12.0 Å². The molecule has 0 aromatic heterocycles. The summed E-state index contributed by atoms with van der Waals surface area (Å²) in [6, 6.07) is 5.55. The molecule has 0 unspecified atom stereocenters. The predicted molar refractivity (Wildman–Crippen MR) is 68.4 cm³/mol. The van der Waals surface area contributed by atoms with Crippen LogP contribution in [0.2, 0.25) is 5.02 Å². The number of benzene rings is 1. The molecule has 0 saturated heterocycles. The van der Waals surface area contributed by atoms with Crippen molar-refractivity contribution in [2.45, 2.75) is 12.8 Å². The maximum atomic E-state index is 11.1. The highest BCUT2D eigenvalue weighted by Crippen LogP contribution is 2.28. The highest BCUT2D eigenvalue weighted by Gasteiger charge is 2.08. The lowest BCUT2D eigenvalue weighted by atomic mass is 10.1. The van der Waals surface area contributed by atoms with Crippen LogP contribution >= 0.6 is 11.6 Å². The third-order valence-corrected chi connectivity index (χ3v) is 2.61. The summed E-state index contributed by atoms with van der Waals surface area (Å²) in [7, 11) is 1.59. The van der Waals surface area contributed by atoms with E-state index in [1.54, 1.807) is 13.1 Å². The Morgan fingerprint density at radius 2 is 2.29 bits per heavy atom. The minimum absolute atomic E-state index is 0.0579. The van der Waals surface area contributed by atoms with Crippen LogP contribution in [0, 0.1) is 0 Å². The van der Waals surface area contributed by atoms with Gasteiger partial charge >= 0.3 is 0 Å². The van der Waals surface area contributed by atoms with Gasteiger partial charge in [0.1, 0.15) is 5.75 Å². The third kappa shape index (κ3) is 4.24. The van der Waals surface area contributed by atoms with Gasteiger partial charge in [0.2, 0.25) is 5.91 Å². The van der Waals surface area contributed by atoms with Crippen molar-refractivity contribution < 1.29 is 9.53 Å². The Morgan fingerprint density at radius 1 is 1.53 bits per heavy atom. The summed E-state index contributed by atoms with van der Waals surface area (Å²) in [5.41, 5.74) is 6.48. The summed E-state index contributed by atoms with van der Waals surface area (Å²) in [5, 5.41) is 3.08. The maximum absolute atomic E-state index is 11.1. The molecular formula is C12H17ClN2O2. The Morgan fingerprint density at radius 3 is 2.94 bits per heavy atom. The summed E-state index contributed by atoms with van der Waals surface area (Å²) in [6.07, 6.45) is 1.01. The molecule has 0 radical (unpaired) electrons. The molecule has 3 N–H and O–H groups in total. The van der Waals surface area contributed by atoms with Gasteiger partial charge in [0.25, 0.3) is 0 Å². The van der Waals surface area contributed by atoms with Crippen LogP contribution in [0.5, 0.6) is 5.75 Å². The monoisotopic (exact) mass is 256 g/mol. The lowest BCUT2D eigenvalue weighted by Crippen LogP contribution is -2.20. The molecule has 0 aliphatic heterocycles. The molecule has 94 valence electrons. The van der Waals surface area contributed by atoms with E-state index in [0.717, 1.165) is 5.56 Å². The molecule has 1 aromatic carbocycles. The molecule has 1 amide bonds. The second-order valence-corrected chi connectivity index (χ2v) is 3.95. The average molecular weight is 257 g/mol. The fourth-order valence-corrected chi connectivity index (χ4v) is 1.69. The van der Waals surface area contributed by atoms with E-state index in [1.165, 1.54) is 0 Å². The van der Waals surface area contributed by atoms with Crippen LogP contribution in [0.25, 0.3) is 0 Å². The number of hydrogen-bond donors (Lipinski definition) is 2. The van der Waals surface area contributed by atoms with Crippen molar-refractivity contribution >= 4 is 17.5 Å². The van der Waals surface area contributed by atoms with E-state index in [-0.39, 0.29) is 5.91 Å². The standard InChI is InChI=1S/C12H17ClN2O2/c1-15-11(16)6-8-17-12-9(5-7-14)3-2-4-10(12)13/h2-4H,5-8,14H2,1H3,(H,15,16). The number of amides is 1. The van der Waals surface area contributed by atoms with E-state index < -0.39 is 0 Å². The van der Waals surface area contributed by atoms with Crippen LogP contribution in [-0.4, -0.2) is 26.1 Å². The zero-order valence-electron chi connectivity index (χ0n) is 9.83. The summed E-state index contributed by atoms with van der Waals surface area (Å²) in [5.74, 6) is 0.570. The normalized spacial score (nSPS) is 10.1. The Balaban J connectivity index is 2.65. The van der Waals surface area contributed by atoms with Gasteiger partial charge in [-0.2, -0.15) is 0 Å². The van der Waals surface area contributed by atoms with Crippen molar-refractivity contribution in [2.75, 3.05) is 20.2 Å². The first kappa shape index (κ1) is 13.8. The van der Waals surface area contributed by atoms with Crippen LogP contribution < -0.4 is 15.8 Å². The number of nitrogens with two attached hydrogens (primary N) is 1. The molecule has 0 bridgehead atoms. The van der Waals surface area contributed by atoms with Gasteiger partial charge in [0, 0.05) is 7.05 Å². The Bertz CT molecular complexity index is 383. The molecule has 0 aliphatic carbocycles. The van der Waals surface area contributed by atoms with E-state index in [2.05, 4.69) is 5.32 Å². The van der Waals surface area contributed by atoms with Gasteiger partial charge in [-0.15, -0.1) is 0 Å². The molecule has 0 spiro atoms. The Kier molecular flexibility index (Phi) is 5.80. The molecule has 4 nitrogen and oxygen atoms in total. The van der Waals surface area contributed by atoms with Crippen molar-refractivity contribution in [1.82, 2.24) is 5.32 Å². The van der Waals surface area contributed by atoms with Crippen LogP contribution in [0.15, 0.2) is 18.2 Å². The lowest BCUT2D eigenvalue weighted by Gasteiger charge is -2.12. The fourth-order valence-electron chi connectivity index (χ4n) is 1.44. The van der Waals surface area contributed by atoms with Crippen molar-refractivity contribution in [3.8, 4) is 5.75 Å². The summed E-state index contributed by atoms with van der Waals surface area (Å²) in [4.78, 5) is 11.1. The molecule has 0 heterocycles. The largest absolute Gasteiger partial charge is 0.491 e. The molecule has 0 saturated carbocycles. The molecule has 0 aliphatic rings. The van der Waals surface area contributed by atoms with E-state index in [4.69, 9.17) is 22.1 Å². The fraction of sp³-hybridized carbons (Fsp3) is 0.417. The zero-order chi connectivity index (χ0) is 12.7. The number of carbonyl (C=O) groups is 1. The average Bonchev–Trinajstić information content (AvgIpc) is 2.32. The minimum Gasteiger partial charge on any atom is -0.491 e. The molecule has 17 heavy (non-hydrogen) atoms. The summed E-state index contributed by atoms with van der Waals surface area (Å²) in [6.45, 7) is 0.840. The van der Waals surface area contributed by atoms with E-state index >= 15 is 0 Å². The molecule has 0 fully saturated rings. The number of nitrogens with one attached hydrogen (secondary N) is 1. The van der Waals surface area contributed by atoms with Crippen molar-refractivity contribution in [3.63, 3.8) is 0 Å². The SMILES string of the molecule is CNC(=O)CCOc1c(Cl)cccc1CCN. The van der Waals surface area contributed by atoms with Gasteiger partial charge in [-0.3, -0.25) is 4.79 Å². The van der Waals surface area contributed by atoms with Gasteiger partial charge in [-0.05, 0) is 24.6 Å². The van der Waals surface area contributed by atoms with Gasteiger partial charge in [-0.1, -0.05) is 23.7 Å². The Hall–Kier alpha value is -1.26. The van der Waals surface area contributed by atoms with Gasteiger partial charge < -0.3 is 15.8 Å². The highest BCUT2D eigenvalue weighted by atomic mass is 35.5. The van der Waals surface area contributed by atoms with Gasteiger partial charge in [-0.25, -0.2) is 0 Å². The van der Waals surface area contributed by atoms with Crippen LogP contribution in [0.3, 0.4) is 0 Å². The van der Waals surface area contributed by atoms with Crippen molar-refractivity contribution in [3.05, 3.63) is 28.8 Å². The van der Waals surface area contributed by atoms with Crippen LogP contribution in [0.4, 0.5) is 0 Å². The topological polar surface area (TPSA) is 64.3 Å². The first-order chi connectivity index (χ1) is 8.19. The molecule has 1 aromatic rings. The molecule has 5 heteroatoms. The number of hydrogen-bond acceptors (Lipinski definition) is 3. The number of halogens is 1. The third-order valence-electron chi connectivity index (χ3n) is 2.32. The number of carbonyl (C=O) groups excluding carboxylic acids is 1. The first-order valence-electron chi connectivity index (χ1n) is 5.50. The predicted octanol–water partition coefficient (Wildman–Crippen LogP) is 1.36. The summed E-state index contributed by atoms with van der Waals surface area (Å²) >= 11 is 6.05. The quantitative estimate of drug-likeness (QED) is 0.808. The van der Waals surface area contributed by atoms with E-state index in [0.29, 0.717) is 36.8 Å². The van der Waals surface area contributed by atoms with Gasteiger partial charge in [0.05, 0.1) is 18.1 Å². The number of ether oxygens (including phenoxy) is 1. The van der Waals surface area contributed by atoms with Crippen molar-refractivity contribution in [1.29, 1.82) is 0 Å². The molecule has 1 rings (SSSR count). The van der Waals surface area contributed by atoms with Crippen molar-refractivity contribution in [2.24, 2.45) is 5.73 Å². The van der Waals surface area contributed by atoms with Crippen LogP contribution in [-0.2, 0) is 11.2 Å².